The van der Waals surface area contributed by atoms with Crippen LogP contribution in [0.3, 0.4) is 0 Å². The van der Waals surface area contributed by atoms with Gasteiger partial charge in [0.2, 0.25) is 0 Å². The molecule has 0 radical (unpaired) electrons. The number of carbonyl (C=O) groups is 1. The molecule has 4 rings (SSSR count). The first-order chi connectivity index (χ1) is 9.72. The lowest BCUT2D eigenvalue weighted by Crippen LogP contribution is -2.43. The molecule has 2 aromatic carbocycles. The van der Waals surface area contributed by atoms with E-state index < -0.39 is 0 Å². The van der Waals surface area contributed by atoms with Crippen LogP contribution in [-0.4, -0.2) is 11.9 Å². The molecule has 1 aliphatic heterocycles. The van der Waals surface area contributed by atoms with E-state index in [1.165, 1.54) is 11.1 Å². The number of carbonyl (C=O) groups excluding carboxylic acids is 1. The fourth-order valence-corrected chi connectivity index (χ4v) is 3.40. The molecule has 2 atom stereocenters. The molecular weight excluding hydrogens is 272 g/mol. The van der Waals surface area contributed by atoms with Crippen LogP contribution in [0.15, 0.2) is 42.5 Å². The minimum absolute atomic E-state index is 0.0499. The summed E-state index contributed by atoms with van der Waals surface area (Å²) >= 11 is 5.99. The summed E-state index contributed by atoms with van der Waals surface area (Å²) in [5, 5.41) is 0.579. The van der Waals surface area contributed by atoms with Gasteiger partial charge in [0, 0.05) is 11.4 Å². The van der Waals surface area contributed by atoms with Crippen molar-refractivity contribution in [2.45, 2.75) is 18.9 Å². The summed E-state index contributed by atoms with van der Waals surface area (Å²) in [5.74, 6) is 0.740. The molecule has 2 nitrogen and oxygen atoms in total. The van der Waals surface area contributed by atoms with Gasteiger partial charge in [-0.1, -0.05) is 35.9 Å². The minimum atomic E-state index is -0.0872. The zero-order chi connectivity index (χ0) is 13.7. The fraction of sp³-hybridized carbons (Fsp3) is 0.235. The average Bonchev–Trinajstić information content (AvgIpc) is 2.47. The van der Waals surface area contributed by atoms with Gasteiger partial charge in [-0.2, -0.15) is 0 Å². The normalized spacial score (nSPS) is 23.4. The molecule has 0 unspecified atom stereocenters. The summed E-state index contributed by atoms with van der Waals surface area (Å²) in [4.78, 5) is 12.7. The molecule has 3 heteroatoms. The molecule has 0 amide bonds. The Morgan fingerprint density at radius 2 is 1.80 bits per heavy atom. The van der Waals surface area contributed by atoms with Crippen LogP contribution in [0.25, 0.3) is 0 Å². The molecule has 0 saturated heterocycles. The first-order valence-electron chi connectivity index (χ1n) is 6.79. The van der Waals surface area contributed by atoms with Gasteiger partial charge in [0.25, 0.3) is 0 Å². The molecule has 0 spiro atoms. The minimum Gasteiger partial charge on any atom is -0.489 e. The van der Waals surface area contributed by atoms with Crippen LogP contribution in [0.4, 0.5) is 0 Å². The number of hydrogen-bond donors (Lipinski definition) is 0. The van der Waals surface area contributed by atoms with Gasteiger partial charge in [-0.3, -0.25) is 4.79 Å². The van der Waals surface area contributed by atoms with Gasteiger partial charge in [-0.25, -0.2) is 0 Å². The highest BCUT2D eigenvalue weighted by Gasteiger charge is 2.40. The first-order valence-corrected chi connectivity index (χ1v) is 7.17. The van der Waals surface area contributed by atoms with Gasteiger partial charge in [-0.15, -0.1) is 0 Å². The van der Waals surface area contributed by atoms with E-state index in [9.17, 15) is 4.79 Å². The maximum absolute atomic E-state index is 12.7. The Kier molecular flexibility index (Phi) is 2.61. The van der Waals surface area contributed by atoms with Crippen LogP contribution < -0.4 is 4.74 Å². The van der Waals surface area contributed by atoms with Crippen LogP contribution in [-0.2, 0) is 12.8 Å². The van der Waals surface area contributed by atoms with Crippen LogP contribution in [0.2, 0.25) is 5.02 Å². The molecule has 1 heterocycles. The monoisotopic (exact) mass is 284 g/mol. The number of Topliss-reactive ketones (excluding diaryl/α,β-unsaturated/α-hetero) is 1. The summed E-state index contributed by atoms with van der Waals surface area (Å²) in [7, 11) is 0. The second-order valence-electron chi connectivity index (χ2n) is 5.44. The van der Waals surface area contributed by atoms with E-state index in [0.29, 0.717) is 16.3 Å². The van der Waals surface area contributed by atoms with E-state index in [2.05, 4.69) is 12.1 Å². The van der Waals surface area contributed by atoms with E-state index in [4.69, 9.17) is 16.3 Å². The van der Waals surface area contributed by atoms with E-state index in [-0.39, 0.29) is 17.8 Å². The Hall–Kier alpha value is -1.80. The van der Waals surface area contributed by atoms with Crippen LogP contribution in [0.1, 0.15) is 21.5 Å². The predicted molar refractivity (Wildman–Crippen MR) is 77.5 cm³/mol. The Morgan fingerprint density at radius 3 is 2.60 bits per heavy atom. The standard InChI is InChI=1S/C17H13ClO2/c18-12-5-6-15-14(9-12)17(19)13-7-10-3-1-2-4-11(10)8-16(13)20-15/h1-6,9,13,16H,7-8H2/t13-,16+/m0/s1. The Bertz CT molecular complexity index is 708. The zero-order valence-corrected chi connectivity index (χ0v) is 11.6. The smallest absolute Gasteiger partial charge is 0.173 e. The Labute approximate surface area is 122 Å². The highest BCUT2D eigenvalue weighted by molar-refractivity contribution is 6.31. The lowest BCUT2D eigenvalue weighted by Gasteiger charge is -2.36. The van der Waals surface area contributed by atoms with Gasteiger partial charge in [0.15, 0.2) is 5.78 Å². The Morgan fingerprint density at radius 1 is 1.05 bits per heavy atom. The lowest BCUT2D eigenvalue weighted by atomic mass is 9.76. The maximum Gasteiger partial charge on any atom is 0.173 e. The number of fused-ring (bicyclic) bond motifs is 3. The third-order valence-electron chi connectivity index (χ3n) is 4.25. The number of ether oxygens (including phenoxy) is 1. The van der Waals surface area contributed by atoms with Crippen molar-refractivity contribution in [3.63, 3.8) is 0 Å². The molecule has 2 aromatic rings. The SMILES string of the molecule is O=C1c2cc(Cl)ccc2O[C@@H]2Cc3ccccc3C[C@H]12. The first kappa shape index (κ1) is 12.0. The van der Waals surface area contributed by atoms with Crippen molar-refractivity contribution in [2.75, 3.05) is 0 Å². The summed E-state index contributed by atoms with van der Waals surface area (Å²) in [6.07, 6.45) is 1.51. The van der Waals surface area contributed by atoms with Crippen LogP contribution in [0, 0.1) is 5.92 Å². The van der Waals surface area contributed by atoms with Crippen LogP contribution >= 0.6 is 11.6 Å². The largest absolute Gasteiger partial charge is 0.489 e. The Balaban J connectivity index is 1.77. The molecule has 100 valence electrons. The van der Waals surface area contributed by atoms with E-state index in [0.717, 1.165) is 12.8 Å². The molecule has 20 heavy (non-hydrogen) atoms. The number of benzene rings is 2. The summed E-state index contributed by atoms with van der Waals surface area (Å²) < 4.78 is 6.04. The highest BCUT2D eigenvalue weighted by atomic mass is 35.5. The van der Waals surface area contributed by atoms with Gasteiger partial charge in [0.1, 0.15) is 11.9 Å². The van der Waals surface area contributed by atoms with Gasteiger partial charge in [0.05, 0.1) is 11.5 Å². The second-order valence-corrected chi connectivity index (χ2v) is 5.88. The molecular formula is C17H13ClO2. The topological polar surface area (TPSA) is 26.3 Å². The number of rotatable bonds is 0. The molecule has 0 aromatic heterocycles. The highest BCUT2D eigenvalue weighted by Crippen LogP contribution is 2.38. The number of hydrogen-bond acceptors (Lipinski definition) is 2. The van der Waals surface area contributed by atoms with Crippen molar-refractivity contribution >= 4 is 17.4 Å². The number of halogens is 1. The van der Waals surface area contributed by atoms with Gasteiger partial charge >= 0.3 is 0 Å². The summed E-state index contributed by atoms with van der Waals surface area (Å²) in [5.41, 5.74) is 3.17. The predicted octanol–water partition coefficient (Wildman–Crippen LogP) is 3.70. The molecule has 0 bridgehead atoms. The van der Waals surface area contributed by atoms with Crippen LogP contribution in [0.5, 0.6) is 5.75 Å². The average molecular weight is 285 g/mol. The summed E-state index contributed by atoms with van der Waals surface area (Å²) in [6, 6.07) is 13.6. The molecule has 2 aliphatic rings. The van der Waals surface area contributed by atoms with E-state index in [1.807, 2.05) is 12.1 Å². The third kappa shape index (κ3) is 1.75. The van der Waals surface area contributed by atoms with Crippen molar-refractivity contribution in [2.24, 2.45) is 5.92 Å². The van der Waals surface area contributed by atoms with Crippen molar-refractivity contribution in [3.8, 4) is 5.75 Å². The third-order valence-corrected chi connectivity index (χ3v) is 4.49. The van der Waals surface area contributed by atoms with E-state index >= 15 is 0 Å². The zero-order valence-electron chi connectivity index (χ0n) is 10.8. The summed E-state index contributed by atoms with van der Waals surface area (Å²) in [6.45, 7) is 0. The van der Waals surface area contributed by atoms with Crippen molar-refractivity contribution in [1.29, 1.82) is 0 Å². The molecule has 0 fully saturated rings. The van der Waals surface area contributed by atoms with E-state index in [1.54, 1.807) is 18.2 Å². The molecule has 0 N–H and O–H groups in total. The number of ketones is 1. The van der Waals surface area contributed by atoms with Crippen molar-refractivity contribution in [1.82, 2.24) is 0 Å². The second kappa shape index (κ2) is 4.35. The lowest BCUT2D eigenvalue weighted by molar-refractivity contribution is 0.0634. The molecule has 1 aliphatic carbocycles. The molecule has 0 saturated carbocycles. The fourth-order valence-electron chi connectivity index (χ4n) is 3.23. The van der Waals surface area contributed by atoms with Crippen molar-refractivity contribution in [3.05, 3.63) is 64.2 Å². The quantitative estimate of drug-likeness (QED) is 0.737. The van der Waals surface area contributed by atoms with Gasteiger partial charge < -0.3 is 4.74 Å². The maximum atomic E-state index is 12.7. The van der Waals surface area contributed by atoms with Crippen molar-refractivity contribution < 1.29 is 9.53 Å². The van der Waals surface area contributed by atoms with Gasteiger partial charge in [-0.05, 0) is 35.7 Å².